The highest BCUT2D eigenvalue weighted by atomic mass is 127. The summed E-state index contributed by atoms with van der Waals surface area (Å²) in [4.78, 5) is 6.74. The first kappa shape index (κ1) is 24.7. The van der Waals surface area contributed by atoms with Crippen LogP contribution in [-0.2, 0) is 16.0 Å². The van der Waals surface area contributed by atoms with Crippen LogP contribution in [0.25, 0.3) is 0 Å². The van der Waals surface area contributed by atoms with Gasteiger partial charge in [0.1, 0.15) is 0 Å². The maximum atomic E-state index is 5.45. The van der Waals surface area contributed by atoms with Gasteiger partial charge in [0.05, 0.1) is 13.2 Å². The van der Waals surface area contributed by atoms with Gasteiger partial charge < -0.3 is 20.1 Å². The van der Waals surface area contributed by atoms with Gasteiger partial charge in [-0.05, 0) is 36.2 Å². The number of rotatable bonds is 11. The van der Waals surface area contributed by atoms with E-state index >= 15 is 0 Å². The molecule has 2 aromatic carbocycles. The first-order valence-electron chi connectivity index (χ1n) is 9.15. The van der Waals surface area contributed by atoms with E-state index in [9.17, 15) is 0 Å². The Morgan fingerprint density at radius 3 is 2.32 bits per heavy atom. The van der Waals surface area contributed by atoms with Crippen molar-refractivity contribution in [1.29, 1.82) is 0 Å². The molecule has 0 unspecified atom stereocenters. The standard InChI is InChI=1S/C21H29N3O2S.HI/c1-22-21(23-13-6-14-26-16-15-25-2)24-17-18-9-11-20(12-10-18)27-19-7-4-3-5-8-19;/h3-5,7-12H,6,13-17H2,1-2H3,(H2,22,23,24);1H. The molecular formula is C21H30IN3O2S. The lowest BCUT2D eigenvalue weighted by atomic mass is 10.2. The van der Waals surface area contributed by atoms with E-state index in [0.29, 0.717) is 19.8 Å². The Hall–Kier alpha value is -1.29. The van der Waals surface area contributed by atoms with Gasteiger partial charge in [-0.25, -0.2) is 0 Å². The minimum absolute atomic E-state index is 0. The zero-order chi connectivity index (χ0) is 19.2. The number of aliphatic imine (C=N–C) groups is 1. The lowest BCUT2D eigenvalue weighted by Crippen LogP contribution is -2.37. The average molecular weight is 515 g/mol. The van der Waals surface area contributed by atoms with Crippen LogP contribution in [0.3, 0.4) is 0 Å². The lowest BCUT2D eigenvalue weighted by molar-refractivity contribution is 0.0698. The van der Waals surface area contributed by atoms with E-state index in [0.717, 1.165) is 25.5 Å². The molecular weight excluding hydrogens is 485 g/mol. The van der Waals surface area contributed by atoms with Gasteiger partial charge in [-0.2, -0.15) is 0 Å². The molecule has 0 fully saturated rings. The van der Waals surface area contributed by atoms with E-state index in [4.69, 9.17) is 9.47 Å². The van der Waals surface area contributed by atoms with Crippen LogP contribution < -0.4 is 10.6 Å². The number of hydrogen-bond acceptors (Lipinski definition) is 4. The molecule has 2 rings (SSSR count). The van der Waals surface area contributed by atoms with Gasteiger partial charge in [0.15, 0.2) is 5.96 Å². The normalized spacial score (nSPS) is 11.0. The Morgan fingerprint density at radius 1 is 0.929 bits per heavy atom. The Labute approximate surface area is 189 Å². The van der Waals surface area contributed by atoms with Gasteiger partial charge in [-0.15, -0.1) is 24.0 Å². The average Bonchev–Trinajstić information content (AvgIpc) is 2.71. The number of ether oxygens (including phenoxy) is 2. The highest BCUT2D eigenvalue weighted by Crippen LogP contribution is 2.27. The van der Waals surface area contributed by atoms with Gasteiger partial charge in [0.2, 0.25) is 0 Å². The summed E-state index contributed by atoms with van der Waals surface area (Å²) in [5.41, 5.74) is 1.22. The SMILES string of the molecule is CN=C(NCCCOCCOC)NCc1ccc(Sc2ccccc2)cc1.I. The Morgan fingerprint density at radius 2 is 1.64 bits per heavy atom. The van der Waals surface area contributed by atoms with Crippen LogP contribution in [0.2, 0.25) is 0 Å². The zero-order valence-electron chi connectivity index (χ0n) is 16.5. The van der Waals surface area contributed by atoms with Crippen LogP contribution in [0.15, 0.2) is 69.4 Å². The number of halogens is 1. The number of nitrogens with one attached hydrogen (secondary N) is 2. The molecule has 2 N–H and O–H groups in total. The molecule has 0 bridgehead atoms. The van der Waals surface area contributed by atoms with E-state index in [1.807, 2.05) is 6.07 Å². The summed E-state index contributed by atoms with van der Waals surface area (Å²) in [6.07, 6.45) is 0.926. The van der Waals surface area contributed by atoms with Crippen molar-refractivity contribution in [3.63, 3.8) is 0 Å². The molecule has 0 atom stereocenters. The summed E-state index contributed by atoms with van der Waals surface area (Å²) in [5, 5.41) is 6.64. The first-order valence-corrected chi connectivity index (χ1v) is 9.96. The summed E-state index contributed by atoms with van der Waals surface area (Å²) in [7, 11) is 3.46. The minimum atomic E-state index is 0. The summed E-state index contributed by atoms with van der Waals surface area (Å²) < 4.78 is 10.4. The molecule has 5 nitrogen and oxygen atoms in total. The second-order valence-corrected chi connectivity index (χ2v) is 7.02. The van der Waals surface area contributed by atoms with Crippen molar-refractivity contribution >= 4 is 41.7 Å². The molecule has 0 saturated heterocycles. The molecule has 0 aromatic heterocycles. The molecule has 0 heterocycles. The molecule has 0 aliphatic rings. The number of hydrogen-bond donors (Lipinski definition) is 2. The van der Waals surface area contributed by atoms with Crippen molar-refractivity contribution in [2.75, 3.05) is 40.5 Å². The van der Waals surface area contributed by atoms with Crippen LogP contribution in [0.5, 0.6) is 0 Å². The minimum Gasteiger partial charge on any atom is -0.382 e. The summed E-state index contributed by atoms with van der Waals surface area (Å²) in [5.74, 6) is 0.801. The Bertz CT molecular complexity index is 669. The van der Waals surface area contributed by atoms with Gasteiger partial charge in [-0.3, -0.25) is 4.99 Å². The largest absolute Gasteiger partial charge is 0.382 e. The van der Waals surface area contributed by atoms with Crippen molar-refractivity contribution in [3.05, 3.63) is 60.2 Å². The maximum Gasteiger partial charge on any atom is 0.191 e. The van der Waals surface area contributed by atoms with Crippen molar-refractivity contribution in [2.45, 2.75) is 22.8 Å². The Kier molecular flexibility index (Phi) is 13.8. The Balaban J connectivity index is 0.00000392. The molecule has 28 heavy (non-hydrogen) atoms. The molecule has 154 valence electrons. The highest BCUT2D eigenvalue weighted by Gasteiger charge is 2.00. The predicted molar refractivity (Wildman–Crippen MR) is 128 cm³/mol. The monoisotopic (exact) mass is 515 g/mol. The molecule has 7 heteroatoms. The van der Waals surface area contributed by atoms with Crippen LogP contribution in [0.4, 0.5) is 0 Å². The number of benzene rings is 2. The summed E-state index contributed by atoms with van der Waals surface area (Å²) >= 11 is 1.77. The summed E-state index contributed by atoms with van der Waals surface area (Å²) in [6, 6.07) is 19.0. The first-order chi connectivity index (χ1) is 13.3. The fraction of sp³-hybridized carbons (Fsp3) is 0.381. The lowest BCUT2D eigenvalue weighted by Gasteiger charge is -2.12. The summed E-state index contributed by atoms with van der Waals surface area (Å²) in [6.45, 7) is 3.55. The maximum absolute atomic E-state index is 5.45. The molecule has 0 amide bonds. The number of methoxy groups -OCH3 is 1. The molecule has 0 aliphatic carbocycles. The van der Waals surface area contributed by atoms with Gasteiger partial charge >= 0.3 is 0 Å². The second-order valence-electron chi connectivity index (χ2n) is 5.87. The van der Waals surface area contributed by atoms with E-state index in [1.54, 1.807) is 25.9 Å². The molecule has 0 spiro atoms. The van der Waals surface area contributed by atoms with Crippen molar-refractivity contribution in [3.8, 4) is 0 Å². The zero-order valence-corrected chi connectivity index (χ0v) is 19.7. The molecule has 0 saturated carbocycles. The van der Waals surface area contributed by atoms with E-state index in [2.05, 4.69) is 64.2 Å². The third kappa shape index (κ3) is 10.3. The van der Waals surface area contributed by atoms with Crippen LogP contribution in [-0.4, -0.2) is 46.5 Å². The predicted octanol–water partition coefficient (Wildman–Crippen LogP) is 4.17. The second kappa shape index (κ2) is 15.6. The number of guanidine groups is 1. The smallest absolute Gasteiger partial charge is 0.191 e. The van der Waals surface area contributed by atoms with Crippen LogP contribution >= 0.6 is 35.7 Å². The third-order valence-corrected chi connectivity index (χ3v) is 4.79. The van der Waals surface area contributed by atoms with Crippen LogP contribution in [0.1, 0.15) is 12.0 Å². The van der Waals surface area contributed by atoms with Crippen molar-refractivity contribution in [1.82, 2.24) is 10.6 Å². The fourth-order valence-corrected chi connectivity index (χ4v) is 3.17. The van der Waals surface area contributed by atoms with E-state index < -0.39 is 0 Å². The van der Waals surface area contributed by atoms with Crippen molar-refractivity contribution < 1.29 is 9.47 Å². The molecule has 2 aromatic rings. The van der Waals surface area contributed by atoms with Crippen LogP contribution in [0, 0.1) is 0 Å². The molecule has 0 aliphatic heterocycles. The number of nitrogens with zero attached hydrogens (tertiary/aromatic N) is 1. The quantitative estimate of drug-likeness (QED) is 0.204. The van der Waals surface area contributed by atoms with E-state index in [-0.39, 0.29) is 24.0 Å². The third-order valence-electron chi connectivity index (χ3n) is 3.78. The highest BCUT2D eigenvalue weighted by molar-refractivity contribution is 14.0. The van der Waals surface area contributed by atoms with Crippen molar-refractivity contribution in [2.24, 2.45) is 4.99 Å². The van der Waals surface area contributed by atoms with E-state index in [1.165, 1.54) is 15.4 Å². The van der Waals surface area contributed by atoms with Gasteiger partial charge in [0.25, 0.3) is 0 Å². The molecule has 0 radical (unpaired) electrons. The topological polar surface area (TPSA) is 54.9 Å². The van der Waals surface area contributed by atoms with Gasteiger partial charge in [0, 0.05) is 43.6 Å². The van der Waals surface area contributed by atoms with Gasteiger partial charge in [-0.1, -0.05) is 42.1 Å². The fourth-order valence-electron chi connectivity index (χ4n) is 2.33.